The summed E-state index contributed by atoms with van der Waals surface area (Å²) < 4.78 is 0. The molecule has 0 aliphatic carbocycles. The summed E-state index contributed by atoms with van der Waals surface area (Å²) in [4.78, 5) is 10.6. The van der Waals surface area contributed by atoms with Crippen molar-refractivity contribution in [2.45, 2.75) is 19.0 Å². The van der Waals surface area contributed by atoms with Crippen molar-refractivity contribution in [1.29, 1.82) is 5.26 Å². The van der Waals surface area contributed by atoms with Crippen molar-refractivity contribution in [2.75, 3.05) is 6.61 Å². The lowest BCUT2D eigenvalue weighted by molar-refractivity contribution is -0.385. The van der Waals surface area contributed by atoms with E-state index in [-0.39, 0.29) is 24.9 Å². The molecule has 0 aliphatic rings. The molecule has 0 amide bonds. The molecule has 0 radical (unpaired) electrons. The number of aliphatic hydroxyl groups excluding tert-OH is 1. The molecule has 6 heteroatoms. The topological polar surface area (TPSA) is 99.2 Å². The van der Waals surface area contributed by atoms with Gasteiger partial charge < -0.3 is 10.4 Å². The second kappa shape index (κ2) is 8.03. The minimum atomic E-state index is -0.469. The average molecular weight is 311 g/mol. The molecule has 0 saturated heterocycles. The van der Waals surface area contributed by atoms with Crippen molar-refractivity contribution in [1.82, 2.24) is 5.32 Å². The molecule has 1 unspecified atom stereocenters. The molecule has 2 aromatic carbocycles. The number of rotatable bonds is 7. The third-order valence-corrected chi connectivity index (χ3v) is 3.53. The van der Waals surface area contributed by atoms with Crippen LogP contribution < -0.4 is 5.32 Å². The molecule has 2 aromatic rings. The Morgan fingerprint density at radius 1 is 1.26 bits per heavy atom. The van der Waals surface area contributed by atoms with E-state index in [4.69, 9.17) is 5.26 Å². The van der Waals surface area contributed by atoms with Crippen molar-refractivity contribution in [3.8, 4) is 6.07 Å². The maximum atomic E-state index is 11.1. The summed E-state index contributed by atoms with van der Waals surface area (Å²) in [5, 5.41) is 32.6. The van der Waals surface area contributed by atoms with E-state index >= 15 is 0 Å². The van der Waals surface area contributed by atoms with Gasteiger partial charge in [-0.15, -0.1) is 0 Å². The number of benzene rings is 2. The zero-order valence-corrected chi connectivity index (χ0v) is 12.5. The summed E-state index contributed by atoms with van der Waals surface area (Å²) in [6.45, 7) is 0.129. The van der Waals surface area contributed by atoms with Crippen LogP contribution in [0.5, 0.6) is 0 Å². The predicted molar refractivity (Wildman–Crippen MR) is 85.7 cm³/mol. The minimum Gasteiger partial charge on any atom is -0.395 e. The van der Waals surface area contributed by atoms with E-state index in [0.29, 0.717) is 17.5 Å². The normalized spacial score (nSPS) is 11.7. The van der Waals surface area contributed by atoms with Gasteiger partial charge in [0.1, 0.15) is 0 Å². The third-order valence-electron chi connectivity index (χ3n) is 3.53. The van der Waals surface area contributed by atoms with Crippen molar-refractivity contribution >= 4 is 5.69 Å². The van der Waals surface area contributed by atoms with Gasteiger partial charge in [0.05, 0.1) is 23.2 Å². The van der Waals surface area contributed by atoms with Gasteiger partial charge in [0.2, 0.25) is 0 Å². The van der Waals surface area contributed by atoms with Crippen molar-refractivity contribution in [2.24, 2.45) is 0 Å². The lowest BCUT2D eigenvalue weighted by Crippen LogP contribution is -2.34. The lowest BCUT2D eigenvalue weighted by atomic mass is 10.1. The van der Waals surface area contributed by atoms with Crippen molar-refractivity contribution in [3.05, 3.63) is 75.3 Å². The van der Waals surface area contributed by atoms with E-state index in [0.717, 1.165) is 5.56 Å². The van der Waals surface area contributed by atoms with Crippen LogP contribution in [0, 0.1) is 21.4 Å². The van der Waals surface area contributed by atoms with E-state index in [2.05, 4.69) is 5.32 Å². The van der Waals surface area contributed by atoms with Gasteiger partial charge in [-0.05, 0) is 24.1 Å². The van der Waals surface area contributed by atoms with E-state index in [9.17, 15) is 15.2 Å². The summed E-state index contributed by atoms with van der Waals surface area (Å²) >= 11 is 0. The van der Waals surface area contributed by atoms with Gasteiger partial charge >= 0.3 is 0 Å². The number of hydrogen-bond acceptors (Lipinski definition) is 5. The first-order valence-electron chi connectivity index (χ1n) is 7.19. The highest BCUT2D eigenvalue weighted by Crippen LogP contribution is 2.20. The number of hydrogen-bond donors (Lipinski definition) is 2. The maximum absolute atomic E-state index is 11.1. The Morgan fingerprint density at radius 2 is 2.00 bits per heavy atom. The molecule has 0 spiro atoms. The molecule has 0 saturated carbocycles. The van der Waals surface area contributed by atoms with Crippen molar-refractivity contribution in [3.63, 3.8) is 0 Å². The second-order valence-electron chi connectivity index (χ2n) is 5.16. The van der Waals surface area contributed by atoms with Gasteiger partial charge in [-0.3, -0.25) is 10.1 Å². The molecule has 0 bridgehead atoms. The largest absolute Gasteiger partial charge is 0.395 e. The van der Waals surface area contributed by atoms with Crippen LogP contribution in [0.15, 0.2) is 48.5 Å². The first kappa shape index (κ1) is 16.6. The molecule has 2 rings (SSSR count). The zero-order chi connectivity index (χ0) is 16.7. The first-order chi connectivity index (χ1) is 11.1. The average Bonchev–Trinajstić information content (AvgIpc) is 2.59. The molecule has 0 aromatic heterocycles. The SMILES string of the molecule is N#Cc1ccc([N+](=O)[O-])c(CNC(CO)Cc2ccccc2)c1. The number of nitrogens with zero attached hydrogens (tertiary/aromatic N) is 2. The van der Waals surface area contributed by atoms with Crippen LogP contribution in [-0.4, -0.2) is 22.7 Å². The Morgan fingerprint density at radius 3 is 2.61 bits per heavy atom. The van der Waals surface area contributed by atoms with Crippen LogP contribution in [0.1, 0.15) is 16.7 Å². The lowest BCUT2D eigenvalue weighted by Gasteiger charge is -2.16. The summed E-state index contributed by atoms with van der Waals surface area (Å²) in [7, 11) is 0. The van der Waals surface area contributed by atoms with Gasteiger partial charge in [-0.25, -0.2) is 0 Å². The molecule has 0 heterocycles. The quantitative estimate of drug-likeness (QED) is 0.603. The van der Waals surface area contributed by atoms with E-state index in [1.54, 1.807) is 0 Å². The molecule has 118 valence electrons. The van der Waals surface area contributed by atoms with E-state index in [1.165, 1.54) is 18.2 Å². The van der Waals surface area contributed by atoms with Crippen LogP contribution in [0.3, 0.4) is 0 Å². The number of aliphatic hydroxyl groups is 1. The van der Waals surface area contributed by atoms with Crippen LogP contribution in [0.25, 0.3) is 0 Å². The van der Waals surface area contributed by atoms with Crippen LogP contribution in [0.2, 0.25) is 0 Å². The molecular formula is C17H17N3O3. The number of nitriles is 1. The molecule has 0 fully saturated rings. The second-order valence-corrected chi connectivity index (χ2v) is 5.16. The highest BCUT2D eigenvalue weighted by molar-refractivity contribution is 5.46. The fourth-order valence-electron chi connectivity index (χ4n) is 2.33. The molecule has 1 atom stereocenters. The fraction of sp³-hybridized carbons (Fsp3) is 0.235. The van der Waals surface area contributed by atoms with E-state index < -0.39 is 4.92 Å². The number of nitro groups is 1. The maximum Gasteiger partial charge on any atom is 0.273 e. The monoisotopic (exact) mass is 311 g/mol. The predicted octanol–water partition coefficient (Wildman–Crippen LogP) is 2.16. The Balaban J connectivity index is 2.09. The Kier molecular flexibility index (Phi) is 5.80. The van der Waals surface area contributed by atoms with Gasteiger partial charge in [0.15, 0.2) is 0 Å². The highest BCUT2D eigenvalue weighted by Gasteiger charge is 2.16. The van der Waals surface area contributed by atoms with Gasteiger partial charge in [-0.2, -0.15) is 5.26 Å². The Labute approximate surface area is 134 Å². The van der Waals surface area contributed by atoms with Crippen LogP contribution >= 0.6 is 0 Å². The van der Waals surface area contributed by atoms with E-state index in [1.807, 2.05) is 36.4 Å². The first-order valence-corrected chi connectivity index (χ1v) is 7.19. The molecule has 2 N–H and O–H groups in total. The van der Waals surface area contributed by atoms with Crippen LogP contribution in [0.4, 0.5) is 5.69 Å². The Hall–Kier alpha value is -2.75. The summed E-state index contributed by atoms with van der Waals surface area (Å²) in [6.07, 6.45) is 0.614. The molecule has 6 nitrogen and oxygen atoms in total. The van der Waals surface area contributed by atoms with Crippen LogP contribution in [-0.2, 0) is 13.0 Å². The minimum absolute atomic E-state index is 0.0344. The smallest absolute Gasteiger partial charge is 0.273 e. The zero-order valence-electron chi connectivity index (χ0n) is 12.5. The Bertz CT molecular complexity index is 711. The number of nitrogens with one attached hydrogen (secondary N) is 1. The standard InChI is InChI=1S/C17H17N3O3/c18-10-14-6-7-17(20(22)23)15(8-14)11-19-16(12-21)9-13-4-2-1-3-5-13/h1-8,16,19,21H,9,11-12H2. The van der Waals surface area contributed by atoms with Gasteiger partial charge in [-0.1, -0.05) is 30.3 Å². The molecular weight excluding hydrogens is 294 g/mol. The van der Waals surface area contributed by atoms with Gasteiger partial charge in [0, 0.05) is 24.2 Å². The number of nitro benzene ring substituents is 1. The highest BCUT2D eigenvalue weighted by atomic mass is 16.6. The molecule has 0 aliphatic heterocycles. The summed E-state index contributed by atoms with van der Waals surface area (Å²) in [6, 6.07) is 15.7. The van der Waals surface area contributed by atoms with Crippen molar-refractivity contribution < 1.29 is 10.0 Å². The van der Waals surface area contributed by atoms with Gasteiger partial charge in [0.25, 0.3) is 5.69 Å². The fourth-order valence-corrected chi connectivity index (χ4v) is 2.33. The molecule has 23 heavy (non-hydrogen) atoms. The third kappa shape index (κ3) is 4.61. The summed E-state index contributed by atoms with van der Waals surface area (Å²) in [5.41, 5.74) is 1.84. The summed E-state index contributed by atoms with van der Waals surface area (Å²) in [5.74, 6) is 0.